The molecule has 0 saturated carbocycles. The summed E-state index contributed by atoms with van der Waals surface area (Å²) < 4.78 is 0. The number of hydrogen-bond acceptors (Lipinski definition) is 2. The molecule has 1 heterocycles. The van der Waals surface area contributed by atoms with Crippen LogP contribution in [0.15, 0.2) is 11.4 Å². The van der Waals surface area contributed by atoms with Crippen molar-refractivity contribution in [2.45, 2.75) is 26.3 Å². The Morgan fingerprint density at radius 2 is 2.27 bits per heavy atom. The molecule has 1 N–H and O–H groups in total. The van der Waals surface area contributed by atoms with Gasteiger partial charge in [-0.1, -0.05) is 13.8 Å². The van der Waals surface area contributed by atoms with Gasteiger partial charge in [0.25, 0.3) is 0 Å². The zero-order valence-corrected chi connectivity index (χ0v) is 8.16. The summed E-state index contributed by atoms with van der Waals surface area (Å²) in [5, 5.41) is 5.39. The van der Waals surface area contributed by atoms with E-state index in [-0.39, 0.29) is 0 Å². The molecule has 0 aliphatic carbocycles. The molecule has 1 rings (SSSR count). The summed E-state index contributed by atoms with van der Waals surface area (Å²) in [5.74, 6) is 0.664. The average molecular weight is 169 g/mol. The summed E-state index contributed by atoms with van der Waals surface area (Å²) in [5.41, 5.74) is 1.46. The van der Waals surface area contributed by atoms with Crippen molar-refractivity contribution in [1.29, 1.82) is 0 Å². The Morgan fingerprint density at radius 3 is 2.73 bits per heavy atom. The summed E-state index contributed by atoms with van der Waals surface area (Å²) >= 11 is 1.84. The quantitative estimate of drug-likeness (QED) is 0.733. The fourth-order valence-electron chi connectivity index (χ4n) is 0.967. The summed E-state index contributed by atoms with van der Waals surface area (Å²) in [7, 11) is 1.98. The molecule has 0 fully saturated rings. The van der Waals surface area contributed by atoms with E-state index in [1.165, 1.54) is 10.4 Å². The maximum absolute atomic E-state index is 3.15. The van der Waals surface area contributed by atoms with Gasteiger partial charge >= 0.3 is 0 Å². The van der Waals surface area contributed by atoms with Crippen molar-refractivity contribution < 1.29 is 0 Å². The van der Waals surface area contributed by atoms with Crippen molar-refractivity contribution in [2.24, 2.45) is 0 Å². The Hall–Kier alpha value is -0.340. The van der Waals surface area contributed by atoms with Crippen LogP contribution < -0.4 is 5.32 Å². The van der Waals surface area contributed by atoms with Crippen LogP contribution in [-0.2, 0) is 6.54 Å². The van der Waals surface area contributed by atoms with E-state index in [9.17, 15) is 0 Å². The molecular formula is C9H15NS. The first kappa shape index (κ1) is 8.75. The van der Waals surface area contributed by atoms with E-state index in [1.807, 2.05) is 18.4 Å². The third kappa shape index (κ3) is 2.31. The van der Waals surface area contributed by atoms with Crippen LogP contribution in [0, 0.1) is 0 Å². The lowest BCUT2D eigenvalue weighted by atomic mass is 10.1. The molecule has 0 aliphatic rings. The number of rotatable bonds is 3. The average Bonchev–Trinajstić information content (AvgIpc) is 2.37. The summed E-state index contributed by atoms with van der Waals surface area (Å²) in [6, 6.07) is 2.28. The first-order valence-electron chi connectivity index (χ1n) is 3.96. The van der Waals surface area contributed by atoms with Gasteiger partial charge in [0, 0.05) is 11.4 Å². The molecule has 0 atom stereocenters. The highest BCUT2D eigenvalue weighted by atomic mass is 32.1. The van der Waals surface area contributed by atoms with Crippen molar-refractivity contribution in [3.05, 3.63) is 21.9 Å². The SMILES string of the molecule is CNCc1cc(C(C)C)cs1. The van der Waals surface area contributed by atoms with Crippen molar-refractivity contribution in [3.63, 3.8) is 0 Å². The Bertz CT molecular complexity index is 215. The second-order valence-electron chi connectivity index (χ2n) is 3.03. The van der Waals surface area contributed by atoms with Crippen LogP contribution in [0.1, 0.15) is 30.2 Å². The van der Waals surface area contributed by atoms with E-state index >= 15 is 0 Å². The second-order valence-corrected chi connectivity index (χ2v) is 4.03. The van der Waals surface area contributed by atoms with E-state index in [0.29, 0.717) is 5.92 Å². The van der Waals surface area contributed by atoms with E-state index in [0.717, 1.165) is 6.54 Å². The molecule has 11 heavy (non-hydrogen) atoms. The van der Waals surface area contributed by atoms with Crippen LogP contribution in [-0.4, -0.2) is 7.05 Å². The highest BCUT2D eigenvalue weighted by Crippen LogP contribution is 2.21. The second kappa shape index (κ2) is 3.88. The molecule has 1 aromatic heterocycles. The van der Waals surface area contributed by atoms with E-state index in [2.05, 4.69) is 30.6 Å². The van der Waals surface area contributed by atoms with Gasteiger partial charge in [0.1, 0.15) is 0 Å². The molecule has 1 aromatic rings. The van der Waals surface area contributed by atoms with Crippen LogP contribution in [0.25, 0.3) is 0 Å². The van der Waals surface area contributed by atoms with Gasteiger partial charge in [-0.3, -0.25) is 0 Å². The maximum atomic E-state index is 3.15. The normalized spacial score (nSPS) is 10.9. The lowest BCUT2D eigenvalue weighted by Crippen LogP contribution is -2.02. The first-order chi connectivity index (χ1) is 5.24. The topological polar surface area (TPSA) is 12.0 Å². The molecule has 0 saturated heterocycles. The molecule has 0 aromatic carbocycles. The smallest absolute Gasteiger partial charge is 0.0296 e. The van der Waals surface area contributed by atoms with Crippen molar-refractivity contribution in [2.75, 3.05) is 7.05 Å². The van der Waals surface area contributed by atoms with Gasteiger partial charge in [-0.05, 0) is 30.0 Å². The lowest BCUT2D eigenvalue weighted by molar-refractivity contribution is 0.824. The minimum absolute atomic E-state index is 0.664. The molecular weight excluding hydrogens is 154 g/mol. The Morgan fingerprint density at radius 1 is 1.55 bits per heavy atom. The molecule has 2 heteroatoms. The largest absolute Gasteiger partial charge is 0.315 e. The van der Waals surface area contributed by atoms with Gasteiger partial charge in [0.15, 0.2) is 0 Å². The predicted molar refractivity (Wildman–Crippen MR) is 51.2 cm³/mol. The fourth-order valence-corrected chi connectivity index (χ4v) is 2.03. The Labute approximate surface area is 72.4 Å². The summed E-state index contributed by atoms with van der Waals surface area (Å²) in [6.45, 7) is 5.45. The van der Waals surface area contributed by atoms with Crippen molar-refractivity contribution in [1.82, 2.24) is 5.32 Å². The number of nitrogens with one attached hydrogen (secondary N) is 1. The maximum Gasteiger partial charge on any atom is 0.0296 e. The minimum atomic E-state index is 0.664. The molecule has 62 valence electrons. The minimum Gasteiger partial charge on any atom is -0.315 e. The molecule has 0 aliphatic heterocycles. The van der Waals surface area contributed by atoms with E-state index in [1.54, 1.807) is 0 Å². The van der Waals surface area contributed by atoms with Crippen LogP contribution in [0.2, 0.25) is 0 Å². The molecule has 0 bridgehead atoms. The third-order valence-electron chi connectivity index (χ3n) is 1.69. The third-order valence-corrected chi connectivity index (χ3v) is 2.65. The Balaban J connectivity index is 2.66. The Kier molecular flexibility index (Phi) is 3.09. The van der Waals surface area contributed by atoms with Gasteiger partial charge < -0.3 is 5.32 Å². The first-order valence-corrected chi connectivity index (χ1v) is 4.84. The van der Waals surface area contributed by atoms with E-state index < -0.39 is 0 Å². The highest BCUT2D eigenvalue weighted by molar-refractivity contribution is 7.10. The molecule has 0 amide bonds. The fraction of sp³-hybridized carbons (Fsp3) is 0.556. The summed E-state index contributed by atoms with van der Waals surface area (Å²) in [6.07, 6.45) is 0. The highest BCUT2D eigenvalue weighted by Gasteiger charge is 2.01. The van der Waals surface area contributed by atoms with Crippen molar-refractivity contribution >= 4 is 11.3 Å². The van der Waals surface area contributed by atoms with Crippen molar-refractivity contribution in [3.8, 4) is 0 Å². The predicted octanol–water partition coefficient (Wildman–Crippen LogP) is 2.59. The van der Waals surface area contributed by atoms with Gasteiger partial charge in [0.2, 0.25) is 0 Å². The number of hydrogen-bond donors (Lipinski definition) is 1. The molecule has 0 spiro atoms. The monoisotopic (exact) mass is 169 g/mol. The van der Waals surface area contributed by atoms with Gasteiger partial charge in [-0.2, -0.15) is 0 Å². The van der Waals surface area contributed by atoms with Gasteiger partial charge in [-0.15, -0.1) is 11.3 Å². The zero-order valence-electron chi connectivity index (χ0n) is 7.35. The number of thiophene rings is 1. The standard InChI is InChI=1S/C9H15NS/c1-7(2)8-4-9(5-10-3)11-6-8/h4,6-7,10H,5H2,1-3H3. The lowest BCUT2D eigenvalue weighted by Gasteiger charge is -1.97. The molecule has 0 unspecified atom stereocenters. The van der Waals surface area contributed by atoms with E-state index in [4.69, 9.17) is 0 Å². The van der Waals surface area contributed by atoms with Crippen LogP contribution in [0.4, 0.5) is 0 Å². The molecule has 1 nitrogen and oxygen atoms in total. The summed E-state index contributed by atoms with van der Waals surface area (Å²) in [4.78, 5) is 1.43. The van der Waals surface area contributed by atoms with Gasteiger partial charge in [-0.25, -0.2) is 0 Å². The molecule has 0 radical (unpaired) electrons. The van der Waals surface area contributed by atoms with Gasteiger partial charge in [0.05, 0.1) is 0 Å². The van der Waals surface area contributed by atoms with Crippen LogP contribution in [0.3, 0.4) is 0 Å². The van der Waals surface area contributed by atoms with Crippen LogP contribution >= 0.6 is 11.3 Å². The van der Waals surface area contributed by atoms with Crippen LogP contribution in [0.5, 0.6) is 0 Å². The zero-order chi connectivity index (χ0) is 8.27.